The summed E-state index contributed by atoms with van der Waals surface area (Å²) in [5.74, 6) is 1.64. The molecule has 11 nitrogen and oxygen atoms in total. The fourth-order valence-electron chi connectivity index (χ4n) is 8.97. The van der Waals surface area contributed by atoms with Gasteiger partial charge in [-0.05, 0) is 157 Å². The third-order valence-electron chi connectivity index (χ3n) is 12.2. The van der Waals surface area contributed by atoms with Gasteiger partial charge in [0.15, 0.2) is 0 Å². The van der Waals surface area contributed by atoms with Gasteiger partial charge < -0.3 is 25.0 Å². The van der Waals surface area contributed by atoms with E-state index in [1.165, 1.54) is 11.1 Å². The zero-order valence-corrected chi connectivity index (χ0v) is 37.2. The number of aromatic amines is 1. The van der Waals surface area contributed by atoms with Gasteiger partial charge in [0.1, 0.15) is 27.6 Å². The second-order valence-electron chi connectivity index (χ2n) is 17.8. The first-order valence-corrected chi connectivity index (χ1v) is 21.8. The van der Waals surface area contributed by atoms with Crippen molar-refractivity contribution >= 4 is 58.4 Å². The number of ether oxygens (including phenoxy) is 1. The number of rotatable bonds is 10. The number of benzene rings is 2. The standard InChI is InChI=1S/C24H29ClN2O4.C24H27ClN2O3/c1-14-26-22(25)19(23(30)27-14)13-20(24(2,3)31)18-10-8-17(9-11-18)16-6-4-15(5-7-16)12-21(28)29;1-14-26-22(25)19-13-20(24(2,3)30-23(19)27-14)18-10-8-17(9-11-18)16-6-4-15(5-7-16)12-21(28)29/h8-11,13,15-16,31H,4-7,12H2,1-3H3,(H,28,29)(H,26,27,30);8-11,13,15-16H,4-7,12H2,1-3H3,(H,28,29)/b20-13-;. The number of aliphatic hydroxyl groups is 1. The van der Waals surface area contributed by atoms with Crippen LogP contribution in [0.2, 0.25) is 10.3 Å². The van der Waals surface area contributed by atoms with Gasteiger partial charge >= 0.3 is 11.9 Å². The molecule has 13 heteroatoms. The second-order valence-corrected chi connectivity index (χ2v) is 18.5. The van der Waals surface area contributed by atoms with Crippen molar-refractivity contribution in [3.05, 3.63) is 114 Å². The van der Waals surface area contributed by atoms with E-state index < -0.39 is 23.1 Å². The number of nitrogens with zero attached hydrogens (tertiary/aromatic N) is 3. The highest BCUT2D eigenvalue weighted by molar-refractivity contribution is 6.31. The van der Waals surface area contributed by atoms with Crippen LogP contribution in [0.4, 0.5) is 0 Å². The number of hydrogen-bond donors (Lipinski definition) is 4. The largest absolute Gasteiger partial charge is 0.481 e. The van der Waals surface area contributed by atoms with E-state index >= 15 is 0 Å². The second kappa shape index (κ2) is 19.1. The summed E-state index contributed by atoms with van der Waals surface area (Å²) in [4.78, 5) is 49.6. The minimum Gasteiger partial charge on any atom is -0.481 e. The van der Waals surface area contributed by atoms with E-state index in [4.69, 9.17) is 38.2 Å². The van der Waals surface area contributed by atoms with Crippen LogP contribution in [0.5, 0.6) is 5.88 Å². The first kappa shape index (κ1) is 45.7. The minimum absolute atomic E-state index is 0.0951. The molecule has 61 heavy (non-hydrogen) atoms. The zero-order chi connectivity index (χ0) is 44.2. The summed E-state index contributed by atoms with van der Waals surface area (Å²) < 4.78 is 6.19. The normalized spacial score (nSPS) is 21.3. The highest BCUT2D eigenvalue weighted by atomic mass is 35.5. The van der Waals surface area contributed by atoms with Crippen molar-refractivity contribution in [2.75, 3.05) is 0 Å². The molecule has 324 valence electrons. The predicted molar refractivity (Wildman–Crippen MR) is 240 cm³/mol. The smallest absolute Gasteiger partial charge is 0.303 e. The van der Waals surface area contributed by atoms with Crippen molar-refractivity contribution in [3.63, 3.8) is 0 Å². The number of carboxylic acids is 2. The average Bonchev–Trinajstić information content (AvgIpc) is 3.17. The van der Waals surface area contributed by atoms with E-state index in [0.717, 1.165) is 73.6 Å². The van der Waals surface area contributed by atoms with Gasteiger partial charge in [-0.3, -0.25) is 14.4 Å². The molecule has 0 unspecified atom stereocenters. The summed E-state index contributed by atoms with van der Waals surface area (Å²) in [6, 6.07) is 16.7. The Labute approximate surface area is 367 Å². The van der Waals surface area contributed by atoms with Gasteiger partial charge in [-0.15, -0.1) is 0 Å². The molecule has 2 saturated carbocycles. The SMILES string of the molecule is Cc1nc(Cl)c(/C=C(/c2ccc(C3CCC(CC(=O)O)CC3)cc2)C(C)(C)O)c(=O)[nH]1.Cc1nc(Cl)c2c(n1)OC(C)(C)C(c1ccc(C3CCC(CC(=O)O)CC3)cc1)=C2. The summed E-state index contributed by atoms with van der Waals surface area (Å²) in [6.45, 7) is 10.9. The van der Waals surface area contributed by atoms with Crippen LogP contribution in [-0.4, -0.2) is 58.4 Å². The fraction of sp³-hybridized carbons (Fsp3) is 0.458. The molecule has 1 aliphatic heterocycles. The molecule has 2 fully saturated rings. The third kappa shape index (κ3) is 11.6. The van der Waals surface area contributed by atoms with Gasteiger partial charge in [-0.1, -0.05) is 71.7 Å². The summed E-state index contributed by atoms with van der Waals surface area (Å²) in [5.41, 5.74) is 4.88. The molecular weight excluding hydrogens is 815 g/mol. The molecule has 0 bridgehead atoms. The number of nitrogens with one attached hydrogen (secondary N) is 1. The summed E-state index contributed by atoms with van der Waals surface area (Å²) in [5, 5.41) is 29.3. The molecule has 3 heterocycles. The van der Waals surface area contributed by atoms with Gasteiger partial charge in [0.2, 0.25) is 5.88 Å². The summed E-state index contributed by atoms with van der Waals surface area (Å²) in [7, 11) is 0. The summed E-state index contributed by atoms with van der Waals surface area (Å²) >= 11 is 12.5. The molecular formula is C48H56Cl2N4O7. The Hall–Kier alpha value is -4.84. The Morgan fingerprint density at radius 3 is 1.79 bits per heavy atom. The topological polar surface area (TPSA) is 176 Å². The van der Waals surface area contributed by atoms with Crippen LogP contribution in [0.1, 0.15) is 149 Å². The highest BCUT2D eigenvalue weighted by Crippen LogP contribution is 2.43. The van der Waals surface area contributed by atoms with Crippen LogP contribution in [0.3, 0.4) is 0 Å². The lowest BCUT2D eigenvalue weighted by Gasteiger charge is -2.34. The van der Waals surface area contributed by atoms with Crippen LogP contribution in [0, 0.1) is 25.7 Å². The number of aromatic nitrogens is 4. The number of carbonyl (C=O) groups is 2. The maximum Gasteiger partial charge on any atom is 0.303 e. The lowest BCUT2D eigenvalue weighted by Crippen LogP contribution is -2.33. The van der Waals surface area contributed by atoms with Gasteiger partial charge in [0.05, 0.1) is 16.7 Å². The molecule has 3 aliphatic rings. The van der Waals surface area contributed by atoms with Crippen molar-refractivity contribution in [3.8, 4) is 5.88 Å². The van der Waals surface area contributed by atoms with Crippen LogP contribution in [-0.2, 0) is 9.59 Å². The van der Waals surface area contributed by atoms with E-state index in [1.807, 2.05) is 32.1 Å². The molecule has 2 aliphatic carbocycles. The van der Waals surface area contributed by atoms with E-state index in [1.54, 1.807) is 33.8 Å². The molecule has 0 saturated heterocycles. The monoisotopic (exact) mass is 870 g/mol. The van der Waals surface area contributed by atoms with E-state index in [9.17, 15) is 19.5 Å². The molecule has 0 spiro atoms. The lowest BCUT2D eigenvalue weighted by molar-refractivity contribution is -0.139. The first-order chi connectivity index (χ1) is 28.8. The Bertz CT molecular complexity index is 2350. The number of hydrogen-bond acceptors (Lipinski definition) is 8. The van der Waals surface area contributed by atoms with Crippen LogP contribution < -0.4 is 10.3 Å². The van der Waals surface area contributed by atoms with Crippen molar-refractivity contribution in [1.29, 1.82) is 0 Å². The maximum atomic E-state index is 12.4. The van der Waals surface area contributed by atoms with Gasteiger partial charge in [0.25, 0.3) is 5.56 Å². The number of carboxylic acid groups (broad SMARTS) is 2. The lowest BCUT2D eigenvalue weighted by atomic mass is 9.77. The number of H-pyrrole nitrogens is 1. The highest BCUT2D eigenvalue weighted by Gasteiger charge is 2.34. The van der Waals surface area contributed by atoms with Crippen molar-refractivity contribution in [1.82, 2.24) is 19.9 Å². The maximum absolute atomic E-state index is 12.4. The molecule has 0 atom stereocenters. The number of fused-ring (bicyclic) bond motifs is 1. The zero-order valence-electron chi connectivity index (χ0n) is 35.7. The number of aliphatic carboxylic acids is 2. The van der Waals surface area contributed by atoms with Crippen molar-refractivity contribution < 1.29 is 29.6 Å². The number of aryl methyl sites for hydroxylation is 2. The summed E-state index contributed by atoms with van der Waals surface area (Å²) in [6.07, 6.45) is 12.1. The van der Waals surface area contributed by atoms with Crippen LogP contribution >= 0.6 is 23.2 Å². The Morgan fingerprint density at radius 2 is 1.31 bits per heavy atom. The number of halogens is 2. The molecule has 2 aromatic carbocycles. The average molecular weight is 872 g/mol. The van der Waals surface area contributed by atoms with E-state index in [0.29, 0.717) is 52.4 Å². The molecule has 0 amide bonds. The molecule has 4 N–H and O–H groups in total. The predicted octanol–water partition coefficient (Wildman–Crippen LogP) is 10.7. The Morgan fingerprint density at radius 1 is 0.803 bits per heavy atom. The van der Waals surface area contributed by atoms with Gasteiger partial charge in [0, 0.05) is 18.4 Å². The van der Waals surface area contributed by atoms with Crippen LogP contribution in [0.25, 0.3) is 23.3 Å². The minimum atomic E-state index is -1.20. The molecule has 7 rings (SSSR count). The molecule has 4 aromatic rings. The van der Waals surface area contributed by atoms with Crippen molar-refractivity contribution in [2.45, 2.75) is 129 Å². The molecule has 2 aromatic heterocycles. The third-order valence-corrected chi connectivity index (χ3v) is 12.8. The van der Waals surface area contributed by atoms with Gasteiger partial charge in [-0.25, -0.2) is 9.97 Å². The Kier molecular flexibility index (Phi) is 14.3. The Balaban J connectivity index is 0.000000204. The van der Waals surface area contributed by atoms with Crippen molar-refractivity contribution in [2.24, 2.45) is 11.8 Å². The quantitative estimate of drug-likeness (QED) is 0.112. The molecule has 0 radical (unpaired) electrons. The van der Waals surface area contributed by atoms with Gasteiger partial charge in [-0.2, -0.15) is 4.98 Å². The van der Waals surface area contributed by atoms with E-state index in [-0.39, 0.29) is 28.6 Å². The fourth-order valence-corrected chi connectivity index (χ4v) is 9.50. The first-order valence-electron chi connectivity index (χ1n) is 21.1. The van der Waals surface area contributed by atoms with E-state index in [2.05, 4.69) is 56.3 Å². The van der Waals surface area contributed by atoms with Crippen LogP contribution in [0.15, 0.2) is 53.3 Å².